The van der Waals surface area contributed by atoms with Gasteiger partial charge in [-0.2, -0.15) is 13.2 Å². The molecule has 1 amide bonds. The minimum Gasteiger partial charge on any atom is -0.437 e. The fourth-order valence-electron chi connectivity index (χ4n) is 3.95. The topological polar surface area (TPSA) is 103 Å². The molecule has 1 saturated heterocycles. The van der Waals surface area contributed by atoms with Crippen molar-refractivity contribution >= 4 is 27.5 Å². The monoisotopic (exact) mass is 523 g/mol. The summed E-state index contributed by atoms with van der Waals surface area (Å²) in [5.74, 6) is 6.06. The fourth-order valence-corrected chi connectivity index (χ4v) is 4.95. The first-order valence-electron chi connectivity index (χ1n) is 11.4. The van der Waals surface area contributed by atoms with Gasteiger partial charge in [0.05, 0.1) is 28.4 Å². The van der Waals surface area contributed by atoms with Crippen molar-refractivity contribution in [1.29, 1.82) is 0 Å². The van der Waals surface area contributed by atoms with E-state index in [1.54, 1.807) is 12.1 Å². The van der Waals surface area contributed by atoms with Gasteiger partial charge in [-0.05, 0) is 43.7 Å². The van der Waals surface area contributed by atoms with E-state index in [-0.39, 0.29) is 23.9 Å². The highest BCUT2D eigenvalue weighted by atomic mass is 32.1. The zero-order valence-corrected chi connectivity index (χ0v) is 20.1. The summed E-state index contributed by atoms with van der Waals surface area (Å²) in [5.41, 5.74) is 6.06. The second-order valence-corrected chi connectivity index (χ2v) is 9.49. The summed E-state index contributed by atoms with van der Waals surface area (Å²) in [4.78, 5) is 24.2. The van der Waals surface area contributed by atoms with E-state index in [0.29, 0.717) is 27.5 Å². The molecule has 2 aromatic heterocycles. The number of rotatable bonds is 5. The van der Waals surface area contributed by atoms with Gasteiger partial charge in [-0.3, -0.25) is 4.79 Å². The van der Waals surface area contributed by atoms with Crippen LogP contribution in [0.1, 0.15) is 29.0 Å². The molecule has 11 heteroatoms. The molecule has 7 nitrogen and oxygen atoms in total. The molecule has 3 heterocycles. The van der Waals surface area contributed by atoms with Crippen molar-refractivity contribution < 1.29 is 22.7 Å². The number of amides is 1. The predicted octanol–water partition coefficient (Wildman–Crippen LogP) is 4.70. The van der Waals surface area contributed by atoms with Gasteiger partial charge in [0.2, 0.25) is 11.8 Å². The average molecular weight is 524 g/mol. The largest absolute Gasteiger partial charge is 0.437 e. The van der Waals surface area contributed by atoms with Crippen LogP contribution in [0.4, 0.5) is 13.2 Å². The van der Waals surface area contributed by atoms with Crippen molar-refractivity contribution in [3.05, 3.63) is 64.9 Å². The quantitative estimate of drug-likeness (QED) is 0.368. The Morgan fingerprint density at radius 3 is 2.84 bits per heavy atom. The maximum atomic E-state index is 13.4. The Hall–Kier alpha value is -4.01. The highest BCUT2D eigenvalue weighted by molar-refractivity contribution is 7.18. The zero-order chi connectivity index (χ0) is 26.0. The molecular weight excluding hydrogens is 503 g/mol. The van der Waals surface area contributed by atoms with E-state index in [1.807, 2.05) is 6.07 Å². The summed E-state index contributed by atoms with van der Waals surface area (Å²) in [5, 5.41) is 3.78. The maximum Gasteiger partial charge on any atom is 0.416 e. The summed E-state index contributed by atoms with van der Waals surface area (Å²) < 4.78 is 47.0. The van der Waals surface area contributed by atoms with E-state index >= 15 is 0 Å². The van der Waals surface area contributed by atoms with Crippen molar-refractivity contribution in [2.45, 2.75) is 31.5 Å². The lowest BCUT2D eigenvalue weighted by Gasteiger charge is -2.11. The van der Waals surface area contributed by atoms with Crippen LogP contribution in [0, 0.1) is 11.8 Å². The number of halogens is 3. The first kappa shape index (κ1) is 24.7. The number of hydrogen-bond acceptors (Lipinski definition) is 7. The smallest absolute Gasteiger partial charge is 0.416 e. The van der Waals surface area contributed by atoms with Crippen LogP contribution in [-0.4, -0.2) is 33.4 Å². The summed E-state index contributed by atoms with van der Waals surface area (Å²) in [6.45, 7) is 0.831. The molecule has 0 saturated carbocycles. The number of primary amides is 1. The third-order valence-electron chi connectivity index (χ3n) is 5.67. The lowest BCUT2D eigenvalue weighted by molar-refractivity contribution is -0.137. The van der Waals surface area contributed by atoms with Gasteiger partial charge in [0.25, 0.3) is 0 Å². The van der Waals surface area contributed by atoms with Gasteiger partial charge in [0.1, 0.15) is 16.9 Å². The van der Waals surface area contributed by atoms with Crippen LogP contribution in [0.5, 0.6) is 11.6 Å². The second kappa shape index (κ2) is 10.2. The van der Waals surface area contributed by atoms with Crippen LogP contribution in [0.25, 0.3) is 21.5 Å². The van der Waals surface area contributed by atoms with Crippen molar-refractivity contribution in [2.75, 3.05) is 6.54 Å². The van der Waals surface area contributed by atoms with E-state index < -0.39 is 17.6 Å². The number of nitrogens with one attached hydrogen (secondary N) is 1. The number of thiazole rings is 1. The predicted molar refractivity (Wildman–Crippen MR) is 133 cm³/mol. The van der Waals surface area contributed by atoms with Crippen LogP contribution >= 0.6 is 11.3 Å². The van der Waals surface area contributed by atoms with Gasteiger partial charge in [-0.25, -0.2) is 15.0 Å². The molecule has 0 spiro atoms. The molecule has 1 unspecified atom stereocenters. The Morgan fingerprint density at radius 1 is 1.22 bits per heavy atom. The van der Waals surface area contributed by atoms with E-state index in [2.05, 4.69) is 32.1 Å². The number of benzene rings is 2. The van der Waals surface area contributed by atoms with Gasteiger partial charge >= 0.3 is 6.18 Å². The van der Waals surface area contributed by atoms with Crippen molar-refractivity contribution in [1.82, 2.24) is 20.3 Å². The molecule has 3 N–H and O–H groups in total. The molecule has 1 atom stereocenters. The Balaban J connectivity index is 1.49. The number of nitrogens with two attached hydrogens (primary N) is 1. The lowest BCUT2D eigenvalue weighted by Crippen LogP contribution is -2.18. The van der Waals surface area contributed by atoms with Gasteiger partial charge in [-0.15, -0.1) is 11.3 Å². The Bertz CT molecular complexity index is 1530. The molecule has 1 fully saturated rings. The number of ether oxygens (including phenoxy) is 1. The summed E-state index contributed by atoms with van der Waals surface area (Å²) in [6, 6.07) is 10.2. The normalized spacial score (nSPS) is 15.4. The van der Waals surface area contributed by atoms with Crippen LogP contribution in [0.15, 0.2) is 48.8 Å². The molecule has 0 aliphatic carbocycles. The Morgan fingerprint density at radius 2 is 2.08 bits per heavy atom. The van der Waals surface area contributed by atoms with E-state index in [9.17, 15) is 18.0 Å². The van der Waals surface area contributed by atoms with E-state index in [1.165, 1.54) is 29.8 Å². The summed E-state index contributed by atoms with van der Waals surface area (Å²) >= 11 is 1.33. The van der Waals surface area contributed by atoms with Crippen LogP contribution in [0.3, 0.4) is 0 Å². The number of alkyl halides is 3. The summed E-state index contributed by atoms with van der Waals surface area (Å²) in [6.07, 6.45) is -1.39. The van der Waals surface area contributed by atoms with Crippen molar-refractivity contribution in [3.8, 4) is 34.7 Å². The van der Waals surface area contributed by atoms with Gasteiger partial charge in [0, 0.05) is 17.2 Å². The zero-order valence-electron chi connectivity index (χ0n) is 19.3. The fraction of sp³-hybridized carbons (Fsp3) is 0.231. The number of carbonyl (C=O) groups is 1. The second-order valence-electron chi connectivity index (χ2n) is 8.37. The SMILES string of the molecule is NC(=O)Cc1nc2c(Oc3cc(-c4ccc(C(F)(F)F)cc4C#CC4CCCN4)ncn3)cccc2s1. The van der Waals surface area contributed by atoms with Crippen molar-refractivity contribution in [2.24, 2.45) is 5.73 Å². The molecule has 2 aromatic carbocycles. The summed E-state index contributed by atoms with van der Waals surface area (Å²) in [7, 11) is 0. The van der Waals surface area contributed by atoms with Crippen molar-refractivity contribution in [3.63, 3.8) is 0 Å². The Labute approximate surface area is 213 Å². The van der Waals surface area contributed by atoms with E-state index in [0.717, 1.165) is 36.2 Å². The standard InChI is InChI=1S/C26H20F3N5O2S/c27-26(28,29)16-7-9-18(15(11-16)6-8-17-3-2-10-31-17)19-12-23(33-14-32-19)36-20-4-1-5-21-25(20)34-24(37-21)13-22(30)35/h1,4-5,7,9,11-12,14,17,31H,2-3,10,13H2,(H2,30,35). The highest BCUT2D eigenvalue weighted by Gasteiger charge is 2.31. The number of nitrogens with zero attached hydrogens (tertiary/aromatic N) is 3. The number of para-hydroxylation sites is 1. The van der Waals surface area contributed by atoms with Gasteiger partial charge < -0.3 is 15.8 Å². The molecule has 0 bridgehead atoms. The molecule has 37 heavy (non-hydrogen) atoms. The lowest BCUT2D eigenvalue weighted by atomic mass is 10.0. The molecule has 188 valence electrons. The molecule has 0 radical (unpaired) electrons. The van der Waals surface area contributed by atoms with Crippen LogP contribution < -0.4 is 15.8 Å². The average Bonchev–Trinajstić information content (AvgIpc) is 3.52. The Kier molecular flexibility index (Phi) is 6.78. The first-order valence-corrected chi connectivity index (χ1v) is 12.2. The number of hydrogen-bond donors (Lipinski definition) is 2. The van der Waals surface area contributed by atoms with E-state index in [4.69, 9.17) is 10.5 Å². The number of carbonyl (C=O) groups excluding carboxylic acids is 1. The molecule has 1 aliphatic rings. The molecule has 1 aliphatic heterocycles. The molecular formula is C26H20F3N5O2S. The van der Waals surface area contributed by atoms with Crippen LogP contribution in [-0.2, 0) is 17.4 Å². The first-order chi connectivity index (χ1) is 17.8. The number of aromatic nitrogens is 3. The minimum absolute atomic E-state index is 0.0184. The third-order valence-corrected chi connectivity index (χ3v) is 6.69. The highest BCUT2D eigenvalue weighted by Crippen LogP contribution is 2.35. The molecule has 4 aromatic rings. The molecule has 5 rings (SSSR count). The third kappa shape index (κ3) is 5.71. The number of fused-ring (bicyclic) bond motifs is 1. The van der Waals surface area contributed by atoms with Crippen LogP contribution in [0.2, 0.25) is 0 Å². The maximum absolute atomic E-state index is 13.4. The van der Waals surface area contributed by atoms with Gasteiger partial charge in [-0.1, -0.05) is 24.0 Å². The minimum atomic E-state index is -4.50. The van der Waals surface area contributed by atoms with Gasteiger partial charge in [0.15, 0.2) is 5.75 Å².